The van der Waals surface area contributed by atoms with Crippen LogP contribution in [0.5, 0.6) is 0 Å². The van der Waals surface area contributed by atoms with Crippen LogP contribution in [0.1, 0.15) is 33.4 Å². The molecular formula is C42H40N14. The van der Waals surface area contributed by atoms with Crippen LogP contribution in [0.25, 0.3) is 0 Å². The van der Waals surface area contributed by atoms with Crippen molar-refractivity contribution in [3.63, 3.8) is 0 Å². The summed E-state index contributed by atoms with van der Waals surface area (Å²) in [5, 5.41) is 21.9. The lowest BCUT2D eigenvalue weighted by molar-refractivity contribution is 1.04. The van der Waals surface area contributed by atoms with Gasteiger partial charge in [-0.3, -0.25) is 0 Å². The number of anilines is 10. The first-order valence-electron chi connectivity index (χ1n) is 17.8. The Labute approximate surface area is 324 Å². The highest BCUT2D eigenvalue weighted by Gasteiger charge is 2.11. The summed E-state index contributed by atoms with van der Waals surface area (Å²) < 4.78 is 0. The first-order chi connectivity index (χ1) is 27.3. The van der Waals surface area contributed by atoms with Gasteiger partial charge in [0.05, 0.1) is 12.4 Å². The Bertz CT molecular complexity index is 2300. The van der Waals surface area contributed by atoms with Gasteiger partial charge in [0.1, 0.15) is 0 Å². The van der Waals surface area contributed by atoms with Crippen molar-refractivity contribution < 1.29 is 0 Å². The van der Waals surface area contributed by atoms with E-state index in [0.29, 0.717) is 23.8 Å². The number of nitrogens with one attached hydrogen (secondary N) is 6. The Hall–Kier alpha value is -7.74. The fraction of sp³-hybridized carbons (Fsp3) is 0.0952. The minimum atomic E-state index is 0.268. The molecule has 7 rings (SSSR count). The van der Waals surface area contributed by atoms with Crippen molar-refractivity contribution in [1.29, 1.82) is 0 Å². The summed E-state index contributed by atoms with van der Waals surface area (Å²) in [5.41, 5.74) is 15.6. The summed E-state index contributed by atoms with van der Waals surface area (Å²) in [6.45, 7) is 8.19. The van der Waals surface area contributed by atoms with Crippen LogP contribution in [0, 0.1) is 27.7 Å². The van der Waals surface area contributed by atoms with Crippen molar-refractivity contribution in [3.05, 3.63) is 155 Å². The van der Waals surface area contributed by atoms with E-state index < -0.39 is 0 Å². The SMILES string of the molecule is Cc1ccc(Nc2nc(N/N=C/c3ccc(/C=N/Nc4nc(Nc5ccccc5)nc(Nc5ccc(C)cc5C)n4)cc3)nc(Nc3ccccc3)n2)c(C)c1. The summed E-state index contributed by atoms with van der Waals surface area (Å²) in [6.07, 6.45) is 3.36. The van der Waals surface area contributed by atoms with Crippen LogP contribution in [-0.2, 0) is 0 Å². The summed E-state index contributed by atoms with van der Waals surface area (Å²) in [4.78, 5) is 27.3. The van der Waals surface area contributed by atoms with Gasteiger partial charge in [0.15, 0.2) is 0 Å². The van der Waals surface area contributed by atoms with E-state index in [1.54, 1.807) is 12.4 Å². The molecule has 0 aliphatic carbocycles. The third kappa shape index (κ3) is 10.2. The van der Waals surface area contributed by atoms with Crippen molar-refractivity contribution in [2.24, 2.45) is 10.2 Å². The summed E-state index contributed by atoms with van der Waals surface area (Å²) in [6, 6.07) is 39.4. The monoisotopic (exact) mass is 740 g/mol. The van der Waals surface area contributed by atoms with E-state index in [-0.39, 0.29) is 11.9 Å². The van der Waals surface area contributed by atoms with Gasteiger partial charge in [-0.1, -0.05) is 96.1 Å². The molecule has 278 valence electrons. The Kier molecular flexibility index (Phi) is 11.4. The molecule has 56 heavy (non-hydrogen) atoms. The molecule has 0 atom stereocenters. The molecule has 0 amide bonds. The van der Waals surface area contributed by atoms with Crippen LogP contribution in [0.15, 0.2) is 132 Å². The maximum absolute atomic E-state index is 4.58. The number of hydrazone groups is 2. The molecule has 0 bridgehead atoms. The largest absolute Gasteiger partial charge is 0.324 e. The lowest BCUT2D eigenvalue weighted by atomic mass is 10.1. The zero-order valence-electron chi connectivity index (χ0n) is 31.3. The topological polar surface area (TPSA) is 174 Å². The predicted molar refractivity (Wildman–Crippen MR) is 226 cm³/mol. The average Bonchev–Trinajstić information content (AvgIpc) is 3.18. The molecule has 0 saturated carbocycles. The van der Waals surface area contributed by atoms with Crippen LogP contribution in [0.2, 0.25) is 0 Å². The summed E-state index contributed by atoms with van der Waals surface area (Å²) in [5.74, 6) is 2.01. The number of para-hydroxylation sites is 2. The molecule has 0 radical (unpaired) electrons. The highest BCUT2D eigenvalue weighted by molar-refractivity contribution is 5.84. The summed E-state index contributed by atoms with van der Waals surface area (Å²) in [7, 11) is 0. The molecule has 0 aliphatic heterocycles. The second-order valence-electron chi connectivity index (χ2n) is 12.9. The van der Waals surface area contributed by atoms with Crippen molar-refractivity contribution in [2.75, 3.05) is 32.1 Å². The smallest absolute Gasteiger partial charge is 0.250 e. The normalized spacial score (nSPS) is 11.1. The molecule has 14 nitrogen and oxygen atoms in total. The third-order valence-electron chi connectivity index (χ3n) is 8.28. The lowest BCUT2D eigenvalue weighted by Crippen LogP contribution is -2.08. The van der Waals surface area contributed by atoms with Gasteiger partial charge in [0.25, 0.3) is 0 Å². The van der Waals surface area contributed by atoms with Gasteiger partial charge in [-0.25, -0.2) is 10.9 Å². The van der Waals surface area contributed by atoms with Crippen molar-refractivity contribution in [2.45, 2.75) is 27.7 Å². The van der Waals surface area contributed by atoms with E-state index in [1.807, 2.05) is 123 Å². The Morgan fingerprint density at radius 3 is 1.12 bits per heavy atom. The highest BCUT2D eigenvalue weighted by atomic mass is 15.4. The lowest BCUT2D eigenvalue weighted by Gasteiger charge is -2.12. The number of aromatic nitrogens is 6. The second kappa shape index (κ2) is 17.4. The van der Waals surface area contributed by atoms with E-state index in [4.69, 9.17) is 0 Å². The van der Waals surface area contributed by atoms with Gasteiger partial charge in [0.2, 0.25) is 35.7 Å². The Morgan fingerprint density at radius 1 is 0.393 bits per heavy atom. The number of rotatable bonds is 14. The molecule has 2 heterocycles. The van der Waals surface area contributed by atoms with Gasteiger partial charge in [0, 0.05) is 22.7 Å². The van der Waals surface area contributed by atoms with E-state index in [9.17, 15) is 0 Å². The maximum Gasteiger partial charge on any atom is 0.250 e. The first-order valence-corrected chi connectivity index (χ1v) is 17.8. The number of hydrogen-bond acceptors (Lipinski definition) is 14. The standard InChI is InChI=1S/C42H40N14/c1-27-15-21-35(29(3)23-27)47-39-49-37(45-33-11-7-5-8-12-33)51-41(53-39)55-43-25-31-17-19-32(20-18-31)26-44-56-42-52-38(46-34-13-9-6-10-14-34)50-40(54-42)48-36-22-16-28(2)24-30(36)4/h5-26H,1-4H3,(H3,45,47,49,51,53,55)(H3,46,48,50,52,54,56)/b43-25+,44-26+. The van der Waals surface area contributed by atoms with Crippen LogP contribution in [0.4, 0.5) is 58.4 Å². The van der Waals surface area contributed by atoms with Gasteiger partial charge in [-0.2, -0.15) is 40.1 Å². The van der Waals surface area contributed by atoms with Crippen LogP contribution in [0.3, 0.4) is 0 Å². The van der Waals surface area contributed by atoms with Gasteiger partial charge in [-0.15, -0.1) is 0 Å². The number of benzene rings is 5. The first kappa shape index (κ1) is 36.6. The predicted octanol–water partition coefficient (Wildman–Crippen LogP) is 9.16. The van der Waals surface area contributed by atoms with Crippen LogP contribution >= 0.6 is 0 Å². The minimum Gasteiger partial charge on any atom is -0.324 e. The number of aryl methyl sites for hydroxylation is 4. The van der Waals surface area contributed by atoms with Gasteiger partial charge < -0.3 is 21.3 Å². The van der Waals surface area contributed by atoms with Crippen LogP contribution < -0.4 is 32.1 Å². The molecule has 14 heteroatoms. The quantitative estimate of drug-likeness (QED) is 0.0462. The molecule has 6 N–H and O–H groups in total. The molecule has 2 aromatic heterocycles. The van der Waals surface area contributed by atoms with E-state index >= 15 is 0 Å². The van der Waals surface area contributed by atoms with Crippen molar-refractivity contribution >= 4 is 70.9 Å². The summed E-state index contributed by atoms with van der Waals surface area (Å²) >= 11 is 0. The third-order valence-corrected chi connectivity index (χ3v) is 8.28. The highest BCUT2D eigenvalue weighted by Crippen LogP contribution is 2.24. The van der Waals surface area contributed by atoms with Crippen molar-refractivity contribution in [3.8, 4) is 0 Å². The number of nitrogens with zero attached hydrogens (tertiary/aromatic N) is 8. The molecule has 0 unspecified atom stereocenters. The van der Waals surface area contributed by atoms with E-state index in [0.717, 1.165) is 45.0 Å². The molecule has 7 aromatic rings. The van der Waals surface area contributed by atoms with E-state index in [2.05, 4.69) is 98.2 Å². The average molecular weight is 741 g/mol. The van der Waals surface area contributed by atoms with Gasteiger partial charge in [-0.05, 0) is 86.3 Å². The fourth-order valence-corrected chi connectivity index (χ4v) is 5.52. The molecule has 5 aromatic carbocycles. The van der Waals surface area contributed by atoms with E-state index in [1.165, 1.54) is 11.1 Å². The molecule has 0 spiro atoms. The molecular weight excluding hydrogens is 701 g/mol. The van der Waals surface area contributed by atoms with Crippen LogP contribution in [-0.4, -0.2) is 42.3 Å². The second-order valence-corrected chi connectivity index (χ2v) is 12.9. The molecule has 0 saturated heterocycles. The molecule has 0 fully saturated rings. The fourth-order valence-electron chi connectivity index (χ4n) is 5.52. The minimum absolute atomic E-state index is 0.268. The zero-order valence-corrected chi connectivity index (χ0v) is 31.3. The molecule has 0 aliphatic rings. The zero-order chi connectivity index (χ0) is 38.7. The number of hydrogen-bond donors (Lipinski definition) is 6. The maximum atomic E-state index is 4.58. The Balaban J connectivity index is 1.02. The Morgan fingerprint density at radius 2 is 0.750 bits per heavy atom. The van der Waals surface area contributed by atoms with Crippen molar-refractivity contribution in [1.82, 2.24) is 29.9 Å². The van der Waals surface area contributed by atoms with Gasteiger partial charge >= 0.3 is 0 Å².